The molecule has 2 aromatic rings. The molecule has 2 rings (SSSR count). The van der Waals surface area contributed by atoms with Gasteiger partial charge in [0.2, 0.25) is 0 Å². The molecular weight excluding hydrogens is 326 g/mol. The number of hydroxylamine groups is 1. The molecule has 0 atom stereocenters. The van der Waals surface area contributed by atoms with Gasteiger partial charge in [-0.15, -0.1) is 0 Å². The molecule has 0 unspecified atom stereocenters. The van der Waals surface area contributed by atoms with Crippen molar-refractivity contribution in [2.75, 3.05) is 0 Å². The predicted octanol–water partition coefficient (Wildman–Crippen LogP) is 2.66. The molecule has 0 heterocycles. The summed E-state index contributed by atoms with van der Waals surface area (Å²) in [6, 6.07) is 13.2. The van der Waals surface area contributed by atoms with E-state index in [1.807, 2.05) is 0 Å². The van der Waals surface area contributed by atoms with Crippen LogP contribution < -0.4 is 5.48 Å². The number of rotatable bonds is 7. The lowest BCUT2D eigenvalue weighted by atomic mass is 10.1. The van der Waals surface area contributed by atoms with Crippen molar-refractivity contribution in [2.45, 2.75) is 6.61 Å². The van der Waals surface area contributed by atoms with Gasteiger partial charge in [-0.1, -0.05) is 29.4 Å². The first-order chi connectivity index (χ1) is 12.1. The number of oxime groups is 1. The van der Waals surface area contributed by atoms with Crippen LogP contribution in [0.15, 0.2) is 59.8 Å². The fraction of sp³-hybridized carbons (Fsp3) is 0.0588. The zero-order valence-electron chi connectivity index (χ0n) is 13.0. The van der Waals surface area contributed by atoms with Gasteiger partial charge < -0.3 is 4.84 Å². The maximum absolute atomic E-state index is 10.9. The highest BCUT2D eigenvalue weighted by Crippen LogP contribution is 2.12. The number of hydrogen-bond donors (Lipinski definition) is 2. The number of carbonyl (C=O) groups excluding carboxylic acids is 1. The first-order valence-corrected chi connectivity index (χ1v) is 7.19. The van der Waals surface area contributed by atoms with Crippen LogP contribution in [0.1, 0.15) is 16.7 Å². The van der Waals surface area contributed by atoms with Gasteiger partial charge in [-0.05, 0) is 34.9 Å². The minimum atomic E-state index is -0.606. The standard InChI is InChI=1S/C17H15N3O5/c21-17(19-22)10-7-13-1-3-14(4-2-13)11-18-25-12-15-5-8-16(9-6-15)20(23)24/h1-11,22H,12H2,(H,19,21). The van der Waals surface area contributed by atoms with Crippen molar-refractivity contribution in [3.63, 3.8) is 0 Å². The average molecular weight is 341 g/mol. The van der Waals surface area contributed by atoms with E-state index in [-0.39, 0.29) is 12.3 Å². The summed E-state index contributed by atoms with van der Waals surface area (Å²) in [6.07, 6.45) is 4.29. The summed E-state index contributed by atoms with van der Waals surface area (Å²) in [4.78, 5) is 26.1. The van der Waals surface area contributed by atoms with Crippen molar-refractivity contribution >= 4 is 23.9 Å². The average Bonchev–Trinajstić information content (AvgIpc) is 2.64. The van der Waals surface area contributed by atoms with Crippen molar-refractivity contribution in [1.82, 2.24) is 5.48 Å². The molecule has 0 aliphatic carbocycles. The number of non-ortho nitro benzene ring substituents is 1. The van der Waals surface area contributed by atoms with Gasteiger partial charge in [0.25, 0.3) is 11.6 Å². The topological polar surface area (TPSA) is 114 Å². The van der Waals surface area contributed by atoms with Gasteiger partial charge in [0.1, 0.15) is 6.61 Å². The number of nitrogens with one attached hydrogen (secondary N) is 1. The molecule has 8 nitrogen and oxygen atoms in total. The zero-order chi connectivity index (χ0) is 18.1. The van der Waals surface area contributed by atoms with Crippen LogP contribution >= 0.6 is 0 Å². The molecule has 8 heteroatoms. The number of carbonyl (C=O) groups is 1. The second-order valence-electron chi connectivity index (χ2n) is 4.91. The van der Waals surface area contributed by atoms with Crippen LogP contribution in [0.5, 0.6) is 0 Å². The number of benzene rings is 2. The Morgan fingerprint density at radius 1 is 1.16 bits per heavy atom. The lowest BCUT2D eigenvalue weighted by Gasteiger charge is -2.00. The maximum Gasteiger partial charge on any atom is 0.269 e. The number of nitrogens with zero attached hydrogens (tertiary/aromatic N) is 2. The summed E-state index contributed by atoms with van der Waals surface area (Å²) in [7, 11) is 0. The number of amides is 1. The van der Waals surface area contributed by atoms with E-state index in [4.69, 9.17) is 10.0 Å². The second kappa shape index (κ2) is 8.94. The smallest absolute Gasteiger partial charge is 0.269 e. The molecule has 0 radical (unpaired) electrons. The van der Waals surface area contributed by atoms with E-state index in [9.17, 15) is 14.9 Å². The molecular formula is C17H15N3O5. The summed E-state index contributed by atoms with van der Waals surface area (Å²) in [6.45, 7) is 0.200. The van der Waals surface area contributed by atoms with Crippen molar-refractivity contribution in [3.8, 4) is 0 Å². The highest BCUT2D eigenvalue weighted by Gasteiger charge is 2.03. The molecule has 2 N–H and O–H groups in total. The molecule has 0 fully saturated rings. The normalized spacial score (nSPS) is 10.9. The third kappa shape index (κ3) is 5.88. The highest BCUT2D eigenvalue weighted by atomic mass is 16.6. The third-order valence-electron chi connectivity index (χ3n) is 3.13. The van der Waals surface area contributed by atoms with Crippen molar-refractivity contribution in [2.24, 2.45) is 5.16 Å². The van der Waals surface area contributed by atoms with Gasteiger partial charge >= 0.3 is 0 Å². The van der Waals surface area contributed by atoms with E-state index in [0.717, 1.165) is 16.7 Å². The Hall–Kier alpha value is -3.52. The Morgan fingerprint density at radius 3 is 2.40 bits per heavy atom. The van der Waals surface area contributed by atoms with Crippen LogP contribution in [0.25, 0.3) is 6.08 Å². The summed E-state index contributed by atoms with van der Waals surface area (Å²) in [5, 5.41) is 22.8. The molecule has 0 saturated heterocycles. The number of nitro benzene ring substituents is 1. The first kappa shape index (κ1) is 17.8. The Morgan fingerprint density at radius 2 is 1.80 bits per heavy atom. The number of nitro groups is 1. The fourth-order valence-electron chi connectivity index (χ4n) is 1.83. The Labute approximate surface area is 143 Å². The van der Waals surface area contributed by atoms with E-state index in [1.165, 1.54) is 29.9 Å². The van der Waals surface area contributed by atoms with Gasteiger partial charge in [-0.2, -0.15) is 0 Å². The Kier molecular flexibility index (Phi) is 6.38. The Bertz CT molecular complexity index is 783. The van der Waals surface area contributed by atoms with Gasteiger partial charge in [-0.3, -0.25) is 20.1 Å². The van der Waals surface area contributed by atoms with Gasteiger partial charge in [0.05, 0.1) is 11.1 Å². The second-order valence-corrected chi connectivity index (χ2v) is 4.91. The van der Waals surface area contributed by atoms with Crippen LogP contribution in [-0.2, 0) is 16.2 Å². The van der Waals surface area contributed by atoms with E-state index >= 15 is 0 Å². The lowest BCUT2D eigenvalue weighted by Crippen LogP contribution is -2.14. The Balaban J connectivity index is 1.84. The van der Waals surface area contributed by atoms with Crippen LogP contribution in [-0.4, -0.2) is 22.3 Å². The fourth-order valence-corrected chi connectivity index (χ4v) is 1.83. The van der Waals surface area contributed by atoms with E-state index in [0.29, 0.717) is 0 Å². The van der Waals surface area contributed by atoms with Crippen molar-refractivity contribution < 1.29 is 19.8 Å². The van der Waals surface area contributed by atoms with E-state index in [2.05, 4.69) is 5.16 Å². The maximum atomic E-state index is 10.9. The summed E-state index contributed by atoms with van der Waals surface area (Å²) in [5.41, 5.74) is 3.88. The van der Waals surface area contributed by atoms with Crippen LogP contribution in [0.2, 0.25) is 0 Å². The van der Waals surface area contributed by atoms with Crippen LogP contribution in [0.4, 0.5) is 5.69 Å². The van der Waals surface area contributed by atoms with Gasteiger partial charge in [-0.25, -0.2) is 5.48 Å². The molecule has 1 amide bonds. The van der Waals surface area contributed by atoms with E-state index < -0.39 is 10.8 Å². The van der Waals surface area contributed by atoms with Gasteiger partial charge in [0.15, 0.2) is 0 Å². The van der Waals surface area contributed by atoms with E-state index in [1.54, 1.807) is 42.5 Å². The molecule has 0 aliphatic rings. The minimum absolute atomic E-state index is 0.0258. The van der Waals surface area contributed by atoms with Crippen molar-refractivity contribution in [3.05, 3.63) is 81.4 Å². The third-order valence-corrected chi connectivity index (χ3v) is 3.13. The zero-order valence-corrected chi connectivity index (χ0v) is 13.0. The summed E-state index contributed by atoms with van der Waals surface area (Å²) < 4.78 is 0. The SMILES string of the molecule is O=C(C=Cc1ccc(C=NOCc2ccc([N+](=O)[O-])cc2)cc1)NO. The van der Waals surface area contributed by atoms with Crippen LogP contribution in [0.3, 0.4) is 0 Å². The summed E-state index contributed by atoms with van der Waals surface area (Å²) in [5.74, 6) is -0.606. The quantitative estimate of drug-likeness (QED) is 0.264. The largest absolute Gasteiger partial charge is 0.391 e. The molecule has 2 aromatic carbocycles. The molecule has 25 heavy (non-hydrogen) atoms. The molecule has 0 aromatic heterocycles. The monoisotopic (exact) mass is 341 g/mol. The van der Waals surface area contributed by atoms with Gasteiger partial charge in [0, 0.05) is 18.2 Å². The number of hydrogen-bond acceptors (Lipinski definition) is 6. The molecule has 0 aliphatic heterocycles. The lowest BCUT2D eigenvalue weighted by molar-refractivity contribution is -0.384. The molecule has 0 saturated carbocycles. The predicted molar refractivity (Wildman–Crippen MR) is 90.9 cm³/mol. The van der Waals surface area contributed by atoms with Crippen molar-refractivity contribution in [1.29, 1.82) is 0 Å². The highest BCUT2D eigenvalue weighted by molar-refractivity contribution is 5.91. The molecule has 0 bridgehead atoms. The minimum Gasteiger partial charge on any atom is -0.391 e. The molecule has 0 spiro atoms. The summed E-state index contributed by atoms with van der Waals surface area (Å²) >= 11 is 0. The first-order valence-electron chi connectivity index (χ1n) is 7.19. The van der Waals surface area contributed by atoms with Crippen LogP contribution in [0, 0.1) is 10.1 Å². The molecule has 128 valence electrons.